The van der Waals surface area contributed by atoms with E-state index in [-0.39, 0.29) is 11.3 Å². The van der Waals surface area contributed by atoms with Gasteiger partial charge in [-0.25, -0.2) is 0 Å². The number of hydrogen-bond acceptors (Lipinski definition) is 1. The van der Waals surface area contributed by atoms with Gasteiger partial charge in [-0.3, -0.25) is 4.79 Å². The molecule has 1 atom stereocenters. The maximum absolute atomic E-state index is 13.2. The molecular formula is C22H25NO. The summed E-state index contributed by atoms with van der Waals surface area (Å²) in [6, 6.07) is 21.2. The molecule has 1 saturated heterocycles. The summed E-state index contributed by atoms with van der Waals surface area (Å²) in [4.78, 5) is 15.3. The molecule has 0 radical (unpaired) electrons. The van der Waals surface area contributed by atoms with E-state index in [1.165, 1.54) is 24.0 Å². The van der Waals surface area contributed by atoms with Gasteiger partial charge >= 0.3 is 0 Å². The molecule has 4 rings (SSSR count). The summed E-state index contributed by atoms with van der Waals surface area (Å²) < 4.78 is 0. The van der Waals surface area contributed by atoms with Gasteiger partial charge in [-0.2, -0.15) is 0 Å². The van der Waals surface area contributed by atoms with E-state index in [2.05, 4.69) is 65.6 Å². The SMILES string of the molecule is O=C([C@H]1CC1(c1ccccc1)c1ccccc1)N1CCCCCC1. The van der Waals surface area contributed by atoms with E-state index in [4.69, 9.17) is 0 Å². The molecule has 0 N–H and O–H groups in total. The van der Waals surface area contributed by atoms with Crippen molar-refractivity contribution in [1.29, 1.82) is 0 Å². The van der Waals surface area contributed by atoms with E-state index < -0.39 is 0 Å². The van der Waals surface area contributed by atoms with Gasteiger partial charge in [0.05, 0.1) is 5.92 Å². The van der Waals surface area contributed by atoms with Gasteiger partial charge in [0, 0.05) is 18.5 Å². The molecule has 1 amide bonds. The number of hydrogen-bond donors (Lipinski definition) is 0. The van der Waals surface area contributed by atoms with Crippen molar-refractivity contribution in [3.63, 3.8) is 0 Å². The predicted molar refractivity (Wildman–Crippen MR) is 96.8 cm³/mol. The van der Waals surface area contributed by atoms with Crippen LogP contribution < -0.4 is 0 Å². The highest BCUT2D eigenvalue weighted by Gasteiger charge is 2.60. The summed E-state index contributed by atoms with van der Waals surface area (Å²) >= 11 is 0. The molecule has 2 aromatic carbocycles. The molecule has 24 heavy (non-hydrogen) atoms. The van der Waals surface area contributed by atoms with Crippen molar-refractivity contribution in [2.24, 2.45) is 5.92 Å². The first kappa shape index (κ1) is 15.4. The van der Waals surface area contributed by atoms with Crippen molar-refractivity contribution in [2.75, 3.05) is 13.1 Å². The van der Waals surface area contributed by atoms with Gasteiger partial charge in [-0.15, -0.1) is 0 Å². The highest BCUT2D eigenvalue weighted by atomic mass is 16.2. The Hall–Kier alpha value is -2.09. The van der Waals surface area contributed by atoms with Crippen LogP contribution in [0.25, 0.3) is 0 Å². The first-order chi connectivity index (χ1) is 11.8. The molecule has 124 valence electrons. The first-order valence-corrected chi connectivity index (χ1v) is 9.22. The molecule has 1 saturated carbocycles. The molecule has 1 aliphatic heterocycles. The summed E-state index contributed by atoms with van der Waals surface area (Å²) in [7, 11) is 0. The lowest BCUT2D eigenvalue weighted by molar-refractivity contribution is -0.132. The van der Waals surface area contributed by atoms with Crippen LogP contribution in [-0.4, -0.2) is 23.9 Å². The molecule has 1 aliphatic carbocycles. The van der Waals surface area contributed by atoms with E-state index in [0.29, 0.717) is 5.91 Å². The minimum atomic E-state index is -0.119. The second-order valence-corrected chi connectivity index (χ2v) is 7.20. The van der Waals surface area contributed by atoms with Crippen LogP contribution >= 0.6 is 0 Å². The van der Waals surface area contributed by atoms with Crippen molar-refractivity contribution >= 4 is 5.91 Å². The lowest BCUT2D eigenvalue weighted by atomic mass is 9.85. The Morgan fingerprint density at radius 3 is 1.79 bits per heavy atom. The highest BCUT2D eigenvalue weighted by Crippen LogP contribution is 2.59. The number of likely N-dealkylation sites (tertiary alicyclic amines) is 1. The minimum absolute atomic E-state index is 0.0976. The summed E-state index contributed by atoms with van der Waals surface area (Å²) in [6.45, 7) is 1.88. The van der Waals surface area contributed by atoms with Crippen LogP contribution in [0.15, 0.2) is 60.7 Å². The van der Waals surface area contributed by atoms with Crippen LogP contribution in [0.4, 0.5) is 0 Å². The van der Waals surface area contributed by atoms with E-state index in [1.807, 2.05) is 0 Å². The molecule has 0 unspecified atom stereocenters. The summed E-state index contributed by atoms with van der Waals surface area (Å²) in [5.41, 5.74) is 2.44. The summed E-state index contributed by atoms with van der Waals surface area (Å²) in [5, 5.41) is 0. The van der Waals surface area contributed by atoms with Crippen LogP contribution in [-0.2, 0) is 10.2 Å². The van der Waals surface area contributed by atoms with Crippen LogP contribution in [0.2, 0.25) is 0 Å². The zero-order chi connectivity index (χ0) is 16.4. The molecule has 2 fully saturated rings. The van der Waals surface area contributed by atoms with Gasteiger partial charge in [0.2, 0.25) is 5.91 Å². The van der Waals surface area contributed by atoms with Gasteiger partial charge in [0.25, 0.3) is 0 Å². The molecule has 0 bridgehead atoms. The molecule has 2 heteroatoms. The van der Waals surface area contributed by atoms with Crippen LogP contribution in [0.5, 0.6) is 0 Å². The second-order valence-electron chi connectivity index (χ2n) is 7.20. The Balaban J connectivity index is 1.66. The monoisotopic (exact) mass is 319 g/mol. The van der Waals surface area contributed by atoms with Gasteiger partial charge in [-0.05, 0) is 30.4 Å². The lowest BCUT2D eigenvalue weighted by Gasteiger charge is -2.24. The minimum Gasteiger partial charge on any atom is -0.342 e. The predicted octanol–water partition coefficient (Wildman–Crippen LogP) is 4.40. The largest absolute Gasteiger partial charge is 0.342 e. The summed E-state index contributed by atoms with van der Waals surface area (Å²) in [5.74, 6) is 0.463. The summed E-state index contributed by atoms with van der Waals surface area (Å²) in [6.07, 6.45) is 5.77. The van der Waals surface area contributed by atoms with Crippen molar-refractivity contribution in [1.82, 2.24) is 4.90 Å². The van der Waals surface area contributed by atoms with Gasteiger partial charge in [-0.1, -0.05) is 73.5 Å². The average molecular weight is 319 g/mol. The number of benzene rings is 2. The smallest absolute Gasteiger partial charge is 0.226 e. The number of rotatable bonds is 3. The molecule has 0 aromatic heterocycles. The number of carbonyl (C=O) groups excluding carboxylic acids is 1. The molecule has 2 nitrogen and oxygen atoms in total. The fourth-order valence-electron chi connectivity index (χ4n) is 4.35. The zero-order valence-corrected chi connectivity index (χ0v) is 14.2. The van der Waals surface area contributed by atoms with Crippen molar-refractivity contribution in [2.45, 2.75) is 37.5 Å². The van der Waals surface area contributed by atoms with E-state index in [9.17, 15) is 4.79 Å². The van der Waals surface area contributed by atoms with E-state index in [0.717, 1.165) is 32.4 Å². The van der Waals surface area contributed by atoms with Crippen LogP contribution in [0.1, 0.15) is 43.2 Å². The van der Waals surface area contributed by atoms with E-state index >= 15 is 0 Å². The fourth-order valence-corrected chi connectivity index (χ4v) is 4.35. The maximum atomic E-state index is 13.2. The number of nitrogens with zero attached hydrogens (tertiary/aromatic N) is 1. The topological polar surface area (TPSA) is 20.3 Å². The van der Waals surface area contributed by atoms with Crippen LogP contribution in [0.3, 0.4) is 0 Å². The quantitative estimate of drug-likeness (QED) is 0.821. The van der Waals surface area contributed by atoms with Crippen molar-refractivity contribution < 1.29 is 4.79 Å². The van der Waals surface area contributed by atoms with Gasteiger partial charge in [0.15, 0.2) is 0 Å². The Kier molecular flexibility index (Phi) is 4.13. The second kappa shape index (κ2) is 6.43. The highest BCUT2D eigenvalue weighted by molar-refractivity contribution is 5.86. The van der Waals surface area contributed by atoms with Crippen LogP contribution in [0, 0.1) is 5.92 Å². The molecular weight excluding hydrogens is 294 g/mol. The third-order valence-electron chi connectivity index (χ3n) is 5.75. The third-order valence-corrected chi connectivity index (χ3v) is 5.75. The standard InChI is InChI=1S/C22H25NO/c24-21(23-15-9-1-2-10-16-23)20-17-22(20,18-11-5-3-6-12-18)19-13-7-4-8-14-19/h3-8,11-14,20H,1-2,9-10,15-17H2/t20-/m1/s1. The molecule has 2 aromatic rings. The lowest BCUT2D eigenvalue weighted by Crippen LogP contribution is -2.35. The van der Waals surface area contributed by atoms with Crippen molar-refractivity contribution in [3.8, 4) is 0 Å². The zero-order valence-electron chi connectivity index (χ0n) is 14.2. The Morgan fingerprint density at radius 1 is 0.792 bits per heavy atom. The Labute approximate surface area is 144 Å². The molecule has 0 spiro atoms. The van der Waals surface area contributed by atoms with E-state index in [1.54, 1.807) is 0 Å². The van der Waals surface area contributed by atoms with Gasteiger partial charge < -0.3 is 4.90 Å². The third kappa shape index (κ3) is 2.64. The Bertz CT molecular complexity index is 647. The molecule has 1 heterocycles. The number of carbonyl (C=O) groups is 1. The maximum Gasteiger partial charge on any atom is 0.226 e. The van der Waals surface area contributed by atoms with Gasteiger partial charge in [0.1, 0.15) is 0 Å². The number of amides is 1. The average Bonchev–Trinajstić information content (AvgIpc) is 3.44. The first-order valence-electron chi connectivity index (χ1n) is 9.22. The van der Waals surface area contributed by atoms with Crippen molar-refractivity contribution in [3.05, 3.63) is 71.8 Å². The Morgan fingerprint density at radius 2 is 1.29 bits per heavy atom. The fraction of sp³-hybridized carbons (Fsp3) is 0.409. The molecule has 2 aliphatic rings. The normalized spacial score (nSPS) is 22.7.